The highest BCUT2D eigenvalue weighted by atomic mass is 16.7. The van der Waals surface area contributed by atoms with E-state index in [1.807, 2.05) is 0 Å². The Morgan fingerprint density at radius 1 is 0.950 bits per heavy atom. The number of aliphatic hydroxyl groups is 6. The maximum atomic E-state index is 13.2. The van der Waals surface area contributed by atoms with Crippen molar-refractivity contribution >= 4 is 11.0 Å². The van der Waals surface area contributed by atoms with Gasteiger partial charge >= 0.3 is 0 Å². The lowest BCUT2D eigenvalue weighted by molar-refractivity contribution is -0.289. The van der Waals surface area contributed by atoms with Crippen molar-refractivity contribution in [3.63, 3.8) is 0 Å². The minimum Gasteiger partial charge on any atom is -0.508 e. The summed E-state index contributed by atoms with van der Waals surface area (Å²) in [6.45, 7) is -1.73. The highest BCUT2D eigenvalue weighted by Crippen LogP contribution is 2.37. The zero-order valence-corrected chi connectivity index (χ0v) is 20.7. The Morgan fingerprint density at radius 3 is 2.35 bits per heavy atom. The van der Waals surface area contributed by atoms with E-state index in [-0.39, 0.29) is 28.0 Å². The maximum absolute atomic E-state index is 13.2. The number of phenolic OH excluding ortho intramolecular Hbond substituents is 2. The van der Waals surface area contributed by atoms with Crippen molar-refractivity contribution in [1.29, 1.82) is 0 Å². The van der Waals surface area contributed by atoms with Gasteiger partial charge in [-0.25, -0.2) is 0 Å². The number of benzene rings is 2. The Morgan fingerprint density at radius 2 is 1.68 bits per heavy atom. The summed E-state index contributed by atoms with van der Waals surface area (Å²) in [6.07, 6.45) is -10.2. The molecule has 0 unspecified atom stereocenters. The van der Waals surface area contributed by atoms with Gasteiger partial charge in [0.15, 0.2) is 17.6 Å². The van der Waals surface area contributed by atoms with Gasteiger partial charge in [-0.2, -0.15) is 0 Å². The molecule has 14 nitrogen and oxygen atoms in total. The molecular weight excluding hydrogens is 536 g/mol. The summed E-state index contributed by atoms with van der Waals surface area (Å²) >= 11 is 0. The smallest absolute Gasteiger partial charge is 0.229 e. The van der Waals surface area contributed by atoms with E-state index in [2.05, 4.69) is 0 Å². The van der Waals surface area contributed by atoms with Crippen LogP contribution in [0.25, 0.3) is 22.1 Å². The molecule has 14 heteroatoms. The second-order valence-corrected chi connectivity index (χ2v) is 9.67. The Labute approximate surface area is 225 Å². The average molecular weight is 564 g/mol. The normalized spacial score (nSPS) is 32.4. The fraction of sp³-hybridized carbons (Fsp3) is 0.423. The summed E-state index contributed by atoms with van der Waals surface area (Å²) in [6, 6.07) is 8.31. The van der Waals surface area contributed by atoms with E-state index in [0.29, 0.717) is 5.56 Å². The van der Waals surface area contributed by atoms with Gasteiger partial charge < -0.3 is 64.2 Å². The highest BCUT2D eigenvalue weighted by molar-refractivity contribution is 5.88. The molecule has 0 aliphatic carbocycles. The third-order valence-corrected chi connectivity index (χ3v) is 6.96. The molecular formula is C26H28O14. The number of rotatable bonds is 7. The fourth-order valence-corrected chi connectivity index (χ4v) is 4.51. The van der Waals surface area contributed by atoms with Gasteiger partial charge in [0.1, 0.15) is 48.1 Å². The van der Waals surface area contributed by atoms with Crippen LogP contribution in [-0.2, 0) is 14.2 Å². The molecule has 2 aliphatic rings. The molecule has 0 radical (unpaired) electrons. The molecule has 2 fully saturated rings. The van der Waals surface area contributed by atoms with E-state index in [0.717, 1.165) is 12.3 Å². The first-order chi connectivity index (χ1) is 19.0. The van der Waals surface area contributed by atoms with Gasteiger partial charge in [-0.3, -0.25) is 4.79 Å². The van der Waals surface area contributed by atoms with E-state index in [4.69, 9.17) is 23.4 Å². The van der Waals surface area contributed by atoms with Gasteiger partial charge in [-0.15, -0.1) is 0 Å². The summed E-state index contributed by atoms with van der Waals surface area (Å²) in [5.41, 5.74) is -2.00. The first-order valence-electron chi connectivity index (χ1n) is 12.2. The highest BCUT2D eigenvalue weighted by Gasteiger charge is 2.50. The third kappa shape index (κ3) is 5.01. The van der Waals surface area contributed by atoms with Gasteiger partial charge in [-0.05, 0) is 29.8 Å². The number of hydrogen-bond acceptors (Lipinski definition) is 14. The Balaban J connectivity index is 1.38. The molecule has 40 heavy (non-hydrogen) atoms. The first kappa shape index (κ1) is 28.2. The SMILES string of the molecule is O=c1c(-c2ccc(O)cc2)coc2c(O[C@@H]3O[C@H](CO[C@@H]4OC[C@](O)(CO)[C@H]4O)[C@@H](O)[C@H](O)[C@H]3O)c(O)ccc12. The molecule has 0 spiro atoms. The fourth-order valence-electron chi connectivity index (χ4n) is 4.51. The van der Waals surface area contributed by atoms with Crippen molar-refractivity contribution < 1.29 is 64.2 Å². The van der Waals surface area contributed by atoms with Crippen LogP contribution in [0.4, 0.5) is 0 Å². The Hall–Kier alpha value is -3.31. The predicted molar refractivity (Wildman–Crippen MR) is 132 cm³/mol. The minimum absolute atomic E-state index is 0.00730. The number of phenols is 2. The van der Waals surface area contributed by atoms with Crippen LogP contribution in [0.5, 0.6) is 17.2 Å². The molecule has 216 valence electrons. The van der Waals surface area contributed by atoms with Crippen molar-refractivity contribution in [2.24, 2.45) is 0 Å². The van der Waals surface area contributed by atoms with Crippen LogP contribution in [0, 0.1) is 0 Å². The van der Waals surface area contributed by atoms with Gasteiger partial charge in [0.25, 0.3) is 0 Å². The lowest BCUT2D eigenvalue weighted by Crippen LogP contribution is -2.60. The van der Waals surface area contributed by atoms with Crippen molar-refractivity contribution in [1.82, 2.24) is 0 Å². The van der Waals surface area contributed by atoms with Crippen molar-refractivity contribution in [3.05, 3.63) is 52.9 Å². The lowest BCUT2D eigenvalue weighted by Gasteiger charge is -2.40. The minimum atomic E-state index is -1.95. The van der Waals surface area contributed by atoms with Gasteiger partial charge in [-0.1, -0.05) is 12.1 Å². The number of hydrogen-bond donors (Lipinski definition) is 8. The number of aliphatic hydroxyl groups excluding tert-OH is 5. The average Bonchev–Trinajstić information content (AvgIpc) is 3.24. The van der Waals surface area contributed by atoms with Crippen LogP contribution in [0.3, 0.4) is 0 Å². The molecule has 0 saturated carbocycles. The molecule has 5 rings (SSSR count). The van der Waals surface area contributed by atoms with Crippen LogP contribution >= 0.6 is 0 Å². The van der Waals surface area contributed by atoms with E-state index < -0.39 is 79.7 Å². The molecule has 8 N–H and O–H groups in total. The molecule has 2 aliphatic heterocycles. The molecule has 2 saturated heterocycles. The molecule has 3 heterocycles. The summed E-state index contributed by atoms with van der Waals surface area (Å²) in [5, 5.41) is 80.9. The molecule has 3 aromatic rings. The van der Waals surface area contributed by atoms with E-state index in [9.17, 15) is 45.6 Å². The summed E-state index contributed by atoms with van der Waals surface area (Å²) in [4.78, 5) is 13.2. The quantitative estimate of drug-likeness (QED) is 0.164. The van der Waals surface area contributed by atoms with Crippen molar-refractivity contribution in [2.75, 3.05) is 19.8 Å². The van der Waals surface area contributed by atoms with Gasteiger partial charge in [0.05, 0.1) is 30.8 Å². The van der Waals surface area contributed by atoms with Crippen LogP contribution in [0.15, 0.2) is 51.9 Å². The van der Waals surface area contributed by atoms with Crippen molar-refractivity contribution in [3.8, 4) is 28.4 Å². The topological polar surface area (TPSA) is 229 Å². The molecule has 8 atom stereocenters. The largest absolute Gasteiger partial charge is 0.508 e. The molecule has 2 aromatic carbocycles. The number of ether oxygens (including phenoxy) is 4. The maximum Gasteiger partial charge on any atom is 0.229 e. The zero-order chi connectivity index (χ0) is 28.8. The van der Waals surface area contributed by atoms with E-state index in [1.165, 1.54) is 30.3 Å². The summed E-state index contributed by atoms with van der Waals surface area (Å²) in [5.74, 6) is -0.861. The monoisotopic (exact) mass is 564 g/mol. The van der Waals surface area contributed by atoms with Crippen molar-refractivity contribution in [2.45, 2.75) is 48.7 Å². The third-order valence-electron chi connectivity index (χ3n) is 6.96. The van der Waals surface area contributed by atoms with Crippen LogP contribution in [0.2, 0.25) is 0 Å². The Kier molecular flexibility index (Phi) is 7.71. The van der Waals surface area contributed by atoms with E-state index >= 15 is 0 Å². The van der Waals surface area contributed by atoms with Crippen LogP contribution < -0.4 is 10.2 Å². The predicted octanol–water partition coefficient (Wildman–Crippen LogP) is -1.49. The number of fused-ring (bicyclic) bond motifs is 1. The number of aromatic hydroxyl groups is 2. The van der Waals surface area contributed by atoms with Gasteiger partial charge in [0.2, 0.25) is 17.5 Å². The Bertz CT molecular complexity index is 1410. The standard InChI is InChI=1S/C26H28O14/c27-9-26(35)10-38-25(23(26)34)37-8-16-18(31)19(32)20(33)24(39-16)40-22-15(29)6-5-13-17(30)14(7-36-21(13)22)11-1-3-12(28)4-2-11/h1-7,16,18-20,23-25,27-29,31-35H,8-10H2/t16-,18-,19+,20-,23+,24+,25-,26-/m1/s1. The zero-order valence-electron chi connectivity index (χ0n) is 20.7. The van der Waals surface area contributed by atoms with Crippen LogP contribution in [-0.4, -0.2) is 109 Å². The molecule has 0 bridgehead atoms. The van der Waals surface area contributed by atoms with E-state index in [1.54, 1.807) is 0 Å². The summed E-state index contributed by atoms with van der Waals surface area (Å²) < 4.78 is 27.4. The van der Waals surface area contributed by atoms with Gasteiger partial charge in [0, 0.05) is 0 Å². The molecule has 0 amide bonds. The second-order valence-electron chi connectivity index (χ2n) is 9.67. The molecule has 1 aromatic heterocycles. The summed E-state index contributed by atoms with van der Waals surface area (Å²) in [7, 11) is 0. The first-order valence-corrected chi connectivity index (χ1v) is 12.2. The lowest BCUT2D eigenvalue weighted by atomic mass is 9.99. The van der Waals surface area contributed by atoms with Crippen LogP contribution in [0.1, 0.15) is 0 Å². The second kappa shape index (κ2) is 10.9.